The molecule has 2 unspecified atom stereocenters. The number of ether oxygens (including phenoxy) is 2. The van der Waals surface area contributed by atoms with Crippen LogP contribution in [0.15, 0.2) is 36.5 Å². The Morgan fingerprint density at radius 1 is 0.729 bits per heavy atom. The first kappa shape index (κ1) is 40.5. The third-order valence-corrected chi connectivity index (χ3v) is 6.20. The second-order valence-corrected chi connectivity index (χ2v) is 12.5. The molecule has 6 atom stereocenters. The number of nitrogen functional groups attached to an aromatic ring is 2. The van der Waals surface area contributed by atoms with Crippen molar-refractivity contribution in [3.05, 3.63) is 48.6 Å². The minimum absolute atomic E-state index is 0. The van der Waals surface area contributed by atoms with Gasteiger partial charge < -0.3 is 39.9 Å². The number of hydrogen-bond acceptors (Lipinski definition) is 18. The van der Waals surface area contributed by atoms with Crippen molar-refractivity contribution in [2.45, 2.75) is 25.0 Å². The van der Waals surface area contributed by atoms with Crippen molar-refractivity contribution in [1.82, 2.24) is 39.0 Å². The molecule has 0 amide bonds. The molecule has 4 aromatic heterocycles. The number of aromatic nitrogens is 8. The van der Waals surface area contributed by atoms with E-state index in [1.54, 1.807) is 0 Å². The fourth-order valence-electron chi connectivity index (χ4n) is 3.79. The SMILES string of the molecule is CP(=O)([O-])OO[C@@H]1C=C(F)[C@H](n2cnc3c(N)nc(F)nc32)O1.CP(=O)([O-])OO[C@@H]1C=C(F)[C@H](n2cnc3c(N)nc(F)nc32)O1.[Na+].[Na+]. The van der Waals surface area contributed by atoms with Gasteiger partial charge in [-0.05, 0) is 0 Å². The number of hydrogen-bond donors (Lipinski definition) is 2. The van der Waals surface area contributed by atoms with E-state index in [0.717, 1.165) is 47.3 Å². The first-order valence-electron chi connectivity index (χ1n) is 12.1. The van der Waals surface area contributed by atoms with Crippen LogP contribution in [-0.2, 0) is 37.7 Å². The van der Waals surface area contributed by atoms with Crippen LogP contribution in [0.4, 0.5) is 29.2 Å². The largest absolute Gasteiger partial charge is 1.00 e. The van der Waals surface area contributed by atoms with E-state index in [1.165, 1.54) is 0 Å². The number of imidazole rings is 2. The summed E-state index contributed by atoms with van der Waals surface area (Å²) in [6.45, 7) is 1.54. The van der Waals surface area contributed by atoms with E-state index in [0.29, 0.717) is 0 Å². The van der Waals surface area contributed by atoms with Gasteiger partial charge in [0.15, 0.2) is 73.3 Å². The molecule has 0 aliphatic carbocycles. The van der Waals surface area contributed by atoms with E-state index in [-0.39, 0.29) is 93.1 Å². The Labute approximate surface area is 308 Å². The van der Waals surface area contributed by atoms with E-state index < -0.39 is 64.0 Å². The number of halogens is 4. The minimum Gasteiger partial charge on any atom is -0.777 e. The van der Waals surface area contributed by atoms with Crippen molar-refractivity contribution in [3.8, 4) is 0 Å². The normalized spacial score (nSPS) is 22.9. The summed E-state index contributed by atoms with van der Waals surface area (Å²) in [5, 5.41) is 0. The van der Waals surface area contributed by atoms with Gasteiger partial charge in [0, 0.05) is 25.5 Å². The topological polar surface area (TPSA) is 275 Å². The molecule has 0 fully saturated rings. The van der Waals surface area contributed by atoms with Gasteiger partial charge in [-0.2, -0.15) is 47.8 Å². The van der Waals surface area contributed by atoms with Crippen molar-refractivity contribution in [1.29, 1.82) is 0 Å². The van der Waals surface area contributed by atoms with Gasteiger partial charge in [0.1, 0.15) is 0 Å². The molecule has 0 aromatic carbocycles. The van der Waals surface area contributed by atoms with Crippen molar-refractivity contribution in [2.75, 3.05) is 24.8 Å². The molecule has 2 aliphatic rings. The molecular formula is C20H18F4N10Na2O10P2. The van der Waals surface area contributed by atoms with Gasteiger partial charge in [0.2, 0.25) is 12.6 Å². The third kappa shape index (κ3) is 9.63. The van der Waals surface area contributed by atoms with Gasteiger partial charge in [-0.25, -0.2) is 18.7 Å². The van der Waals surface area contributed by atoms with E-state index in [1.807, 2.05) is 0 Å². The van der Waals surface area contributed by atoms with Crippen molar-refractivity contribution in [2.24, 2.45) is 0 Å². The zero-order valence-corrected chi connectivity index (χ0v) is 30.6. The van der Waals surface area contributed by atoms with Crippen LogP contribution in [0, 0.1) is 12.2 Å². The van der Waals surface area contributed by atoms with Crippen LogP contribution in [0.1, 0.15) is 12.5 Å². The van der Waals surface area contributed by atoms with Crippen LogP contribution in [-0.4, -0.2) is 64.9 Å². The Balaban J connectivity index is 0.000000250. The predicted octanol–water partition coefficient (Wildman–Crippen LogP) is -5.22. The quantitative estimate of drug-likeness (QED) is 0.0426. The van der Waals surface area contributed by atoms with Gasteiger partial charge in [-0.15, -0.1) is 0 Å². The molecule has 0 radical (unpaired) electrons. The summed E-state index contributed by atoms with van der Waals surface area (Å²) in [7, 11) is -8.36. The van der Waals surface area contributed by atoms with Gasteiger partial charge in [0.05, 0.1) is 12.7 Å². The third-order valence-electron chi connectivity index (χ3n) is 5.48. The number of fused-ring (bicyclic) bond motifs is 2. The summed E-state index contributed by atoms with van der Waals surface area (Å²) in [5.74, 6) is -2.12. The van der Waals surface area contributed by atoms with Gasteiger partial charge in [0.25, 0.3) is 0 Å². The molecule has 20 nitrogen and oxygen atoms in total. The van der Waals surface area contributed by atoms with Gasteiger partial charge in [-0.1, -0.05) is 0 Å². The number of rotatable bonds is 8. The molecule has 4 N–H and O–H groups in total. The Bertz CT molecular complexity index is 1820. The van der Waals surface area contributed by atoms with E-state index in [4.69, 9.17) is 20.9 Å². The Kier molecular flexibility index (Phi) is 13.4. The maximum atomic E-state index is 14.0. The van der Waals surface area contributed by atoms with E-state index >= 15 is 0 Å². The summed E-state index contributed by atoms with van der Waals surface area (Å²) in [6.07, 6.45) is -3.96. The molecule has 6 rings (SSSR count). The molecule has 6 heterocycles. The Morgan fingerprint density at radius 3 is 1.42 bits per heavy atom. The fraction of sp³-hybridized carbons (Fsp3) is 0.300. The van der Waals surface area contributed by atoms with Gasteiger partial charge in [-0.3, -0.25) is 9.13 Å². The van der Waals surface area contributed by atoms with Gasteiger partial charge >= 0.3 is 71.3 Å². The fourth-order valence-corrected chi connectivity index (χ4v) is 4.27. The second kappa shape index (κ2) is 15.9. The first-order chi connectivity index (χ1) is 21.5. The van der Waals surface area contributed by atoms with Crippen molar-refractivity contribution in [3.63, 3.8) is 0 Å². The summed E-state index contributed by atoms with van der Waals surface area (Å²) < 4.78 is 96.7. The molecule has 0 bridgehead atoms. The average molecular weight is 742 g/mol. The van der Waals surface area contributed by atoms with Crippen LogP contribution in [0.3, 0.4) is 0 Å². The maximum Gasteiger partial charge on any atom is 1.00 e. The first-order valence-corrected chi connectivity index (χ1v) is 16.1. The molecule has 28 heteroatoms. The average Bonchev–Trinajstić information content (AvgIpc) is 3.71. The number of anilines is 2. The van der Waals surface area contributed by atoms with Crippen LogP contribution in [0.5, 0.6) is 0 Å². The molecule has 48 heavy (non-hydrogen) atoms. The zero-order valence-electron chi connectivity index (χ0n) is 24.8. The Hall–Kier alpha value is -1.96. The standard InChI is InChI=1S/2C10H10F2N5O5P.2Na/c2*1-23(18,19)22-21-5-2-4(11)9(20-5)17-3-14-6-7(13)15-10(12)16-8(6)17;;/h2*2-3,5,9H,1H3,(H,18,19)(H2,13,15,16);;/q;;2*+1/p-2/t2*5-,9-;;/m11../s1. The minimum atomic E-state index is -4.18. The molecular weight excluding hydrogens is 724 g/mol. The van der Waals surface area contributed by atoms with Crippen molar-refractivity contribution < 1.29 is 124 Å². The molecule has 0 spiro atoms. The summed E-state index contributed by atoms with van der Waals surface area (Å²) in [6, 6.07) is 0. The Morgan fingerprint density at radius 2 is 1.08 bits per heavy atom. The summed E-state index contributed by atoms with van der Waals surface area (Å²) >= 11 is 0. The van der Waals surface area contributed by atoms with E-state index in [9.17, 15) is 36.5 Å². The van der Waals surface area contributed by atoms with Crippen LogP contribution in [0.25, 0.3) is 22.3 Å². The summed E-state index contributed by atoms with van der Waals surface area (Å²) in [5.41, 5.74) is 10.9. The monoisotopic (exact) mass is 742 g/mol. The smallest absolute Gasteiger partial charge is 0.777 e. The predicted molar refractivity (Wildman–Crippen MR) is 137 cm³/mol. The zero-order chi connectivity index (χ0) is 33.6. The second-order valence-electron chi connectivity index (χ2n) is 9.10. The summed E-state index contributed by atoms with van der Waals surface area (Å²) in [4.78, 5) is 51.9. The molecule has 4 aromatic rings. The van der Waals surface area contributed by atoms with Crippen LogP contribution < -0.4 is 80.4 Å². The number of nitrogens with zero attached hydrogens (tertiary/aromatic N) is 8. The molecule has 0 saturated carbocycles. The molecule has 0 saturated heterocycles. The maximum absolute atomic E-state index is 14.0. The van der Waals surface area contributed by atoms with E-state index in [2.05, 4.69) is 49.0 Å². The molecule has 2 aliphatic heterocycles. The molecule has 248 valence electrons. The van der Waals surface area contributed by atoms with Crippen LogP contribution in [0.2, 0.25) is 0 Å². The number of nitrogens with two attached hydrogens (primary N) is 2. The van der Waals surface area contributed by atoms with Crippen LogP contribution >= 0.6 is 15.2 Å². The van der Waals surface area contributed by atoms with Crippen molar-refractivity contribution >= 4 is 49.2 Å².